The van der Waals surface area contributed by atoms with Crippen molar-refractivity contribution in [3.05, 3.63) is 23.8 Å². The number of carbonyl (C=O) groups excluding carboxylic acids is 1. The minimum absolute atomic E-state index is 0.00166. The van der Waals surface area contributed by atoms with Crippen molar-refractivity contribution in [3.63, 3.8) is 0 Å². The lowest BCUT2D eigenvalue weighted by molar-refractivity contribution is -0.130. The van der Waals surface area contributed by atoms with E-state index < -0.39 is 0 Å². The van der Waals surface area contributed by atoms with Crippen molar-refractivity contribution in [1.82, 2.24) is 4.90 Å². The quantitative estimate of drug-likeness (QED) is 0.678. The Labute approximate surface area is 143 Å². The van der Waals surface area contributed by atoms with Gasteiger partial charge in [0.15, 0.2) is 11.5 Å². The smallest absolute Gasteiger partial charge is 0.235 e. The topological polar surface area (TPSA) is 38.8 Å². The van der Waals surface area contributed by atoms with E-state index >= 15 is 0 Å². The Bertz CT molecular complexity index is 521. The number of thioether (sulfide) groups is 1. The summed E-state index contributed by atoms with van der Waals surface area (Å²) >= 11 is 1.74. The number of rotatable bonds is 8. The summed E-state index contributed by atoms with van der Waals surface area (Å²) in [6, 6.07) is 5.89. The highest BCUT2D eigenvalue weighted by molar-refractivity contribution is 8.00. The van der Waals surface area contributed by atoms with Crippen molar-refractivity contribution in [2.75, 3.05) is 25.5 Å². The van der Waals surface area contributed by atoms with Crippen molar-refractivity contribution in [1.29, 1.82) is 0 Å². The molecular formula is C18H27NO3S. The molecule has 0 bridgehead atoms. The number of hydrogen-bond acceptors (Lipinski definition) is 4. The van der Waals surface area contributed by atoms with Crippen molar-refractivity contribution < 1.29 is 14.3 Å². The van der Waals surface area contributed by atoms with Gasteiger partial charge in [-0.3, -0.25) is 4.79 Å². The van der Waals surface area contributed by atoms with E-state index in [0.29, 0.717) is 26.3 Å². The normalized spacial score (nSPS) is 14.4. The van der Waals surface area contributed by atoms with Crippen LogP contribution < -0.4 is 9.47 Å². The fraction of sp³-hybridized carbons (Fsp3) is 0.611. The zero-order chi connectivity index (χ0) is 16.7. The fourth-order valence-corrected chi connectivity index (χ4v) is 3.64. The summed E-state index contributed by atoms with van der Waals surface area (Å²) in [5.74, 6) is 2.81. The molecule has 1 aromatic rings. The third-order valence-corrected chi connectivity index (χ3v) is 5.14. The molecule has 1 aromatic carbocycles. The van der Waals surface area contributed by atoms with Crippen LogP contribution in [0.5, 0.6) is 11.5 Å². The van der Waals surface area contributed by atoms with Gasteiger partial charge in [0.05, 0.1) is 5.25 Å². The zero-order valence-corrected chi connectivity index (χ0v) is 15.2. The van der Waals surface area contributed by atoms with Crippen LogP contribution in [0.15, 0.2) is 18.2 Å². The molecule has 4 nitrogen and oxygen atoms in total. The Kier molecular flexibility index (Phi) is 7.09. The van der Waals surface area contributed by atoms with E-state index in [1.54, 1.807) is 11.8 Å². The molecule has 0 fully saturated rings. The second-order valence-corrected chi connectivity index (χ2v) is 7.11. The van der Waals surface area contributed by atoms with E-state index in [9.17, 15) is 4.79 Å². The van der Waals surface area contributed by atoms with E-state index in [2.05, 4.69) is 6.92 Å². The first-order chi connectivity index (χ1) is 11.2. The summed E-state index contributed by atoms with van der Waals surface area (Å²) in [5.41, 5.74) is 1.02. The number of amides is 1. The number of para-hydroxylation sites is 1. The second-order valence-electron chi connectivity index (χ2n) is 5.66. The zero-order valence-electron chi connectivity index (χ0n) is 14.3. The summed E-state index contributed by atoms with van der Waals surface area (Å²) < 4.78 is 11.4. The van der Waals surface area contributed by atoms with Crippen molar-refractivity contribution in [2.24, 2.45) is 0 Å². The largest absolute Gasteiger partial charge is 0.486 e. The lowest BCUT2D eigenvalue weighted by atomic mass is 10.1. The number of benzene rings is 1. The van der Waals surface area contributed by atoms with Crippen LogP contribution in [0.4, 0.5) is 0 Å². The summed E-state index contributed by atoms with van der Waals surface area (Å²) in [6.07, 6.45) is 2.32. The molecule has 0 radical (unpaired) electrons. The number of ether oxygens (including phenoxy) is 2. The third kappa shape index (κ3) is 4.80. The maximum Gasteiger partial charge on any atom is 0.235 e. The Morgan fingerprint density at radius 3 is 2.83 bits per heavy atom. The predicted molar refractivity (Wildman–Crippen MR) is 95.4 cm³/mol. The molecule has 0 spiro atoms. The van der Waals surface area contributed by atoms with Gasteiger partial charge < -0.3 is 14.4 Å². The van der Waals surface area contributed by atoms with Gasteiger partial charge in [0.25, 0.3) is 0 Å². The maximum absolute atomic E-state index is 12.7. The molecule has 1 heterocycles. The van der Waals surface area contributed by atoms with Crippen LogP contribution in [-0.4, -0.2) is 41.6 Å². The summed E-state index contributed by atoms with van der Waals surface area (Å²) in [4.78, 5) is 14.6. The van der Waals surface area contributed by atoms with Gasteiger partial charge in [-0.05, 0) is 32.1 Å². The second kappa shape index (κ2) is 9.06. The van der Waals surface area contributed by atoms with E-state index in [0.717, 1.165) is 29.2 Å². The van der Waals surface area contributed by atoms with Gasteiger partial charge in [-0.1, -0.05) is 25.5 Å². The van der Waals surface area contributed by atoms with E-state index in [1.807, 2.05) is 36.9 Å². The molecule has 0 aromatic heterocycles. The highest BCUT2D eigenvalue weighted by Crippen LogP contribution is 2.34. The van der Waals surface area contributed by atoms with Gasteiger partial charge >= 0.3 is 0 Å². The van der Waals surface area contributed by atoms with Crippen LogP contribution in [-0.2, 0) is 11.3 Å². The van der Waals surface area contributed by atoms with Crippen LogP contribution in [0, 0.1) is 0 Å². The molecule has 0 saturated heterocycles. The van der Waals surface area contributed by atoms with Gasteiger partial charge in [0.1, 0.15) is 13.2 Å². The standard InChI is InChI=1S/C18H27NO3S/c1-4-6-12-23-14(3)18(20)19(5-2)13-15-8-7-9-16-17(15)22-11-10-21-16/h7-9,14H,4-6,10-13H2,1-3H3. The Balaban J connectivity index is 2.03. The van der Waals surface area contributed by atoms with Gasteiger partial charge in [0.2, 0.25) is 5.91 Å². The van der Waals surface area contributed by atoms with Gasteiger partial charge in [-0.25, -0.2) is 0 Å². The molecule has 5 heteroatoms. The maximum atomic E-state index is 12.7. The molecular weight excluding hydrogens is 310 g/mol. The molecule has 1 aliphatic rings. The third-order valence-electron chi connectivity index (χ3n) is 3.92. The van der Waals surface area contributed by atoms with Gasteiger partial charge in [-0.2, -0.15) is 0 Å². The molecule has 1 aliphatic heterocycles. The van der Waals surface area contributed by atoms with Gasteiger partial charge in [0, 0.05) is 18.7 Å². The van der Waals surface area contributed by atoms with Gasteiger partial charge in [-0.15, -0.1) is 11.8 Å². The molecule has 0 N–H and O–H groups in total. The monoisotopic (exact) mass is 337 g/mol. The lowest BCUT2D eigenvalue weighted by Gasteiger charge is -2.27. The molecule has 128 valence electrons. The molecule has 1 amide bonds. The molecule has 1 unspecified atom stereocenters. The number of carbonyl (C=O) groups is 1. The summed E-state index contributed by atoms with van der Waals surface area (Å²) in [5, 5.41) is -0.00166. The Morgan fingerprint density at radius 2 is 2.09 bits per heavy atom. The Morgan fingerprint density at radius 1 is 1.30 bits per heavy atom. The number of fused-ring (bicyclic) bond motifs is 1. The molecule has 1 atom stereocenters. The predicted octanol–water partition coefficient (Wildman–Crippen LogP) is 3.73. The van der Waals surface area contributed by atoms with Crippen LogP contribution in [0.3, 0.4) is 0 Å². The summed E-state index contributed by atoms with van der Waals surface area (Å²) in [6.45, 7) is 8.61. The van der Waals surface area contributed by atoms with Crippen molar-refractivity contribution in [2.45, 2.75) is 45.4 Å². The average molecular weight is 337 g/mol. The first-order valence-electron chi connectivity index (χ1n) is 8.45. The fourth-order valence-electron chi connectivity index (χ4n) is 2.54. The Hall–Kier alpha value is -1.36. The number of hydrogen-bond donors (Lipinski definition) is 0. The molecule has 0 aliphatic carbocycles. The van der Waals surface area contributed by atoms with E-state index in [-0.39, 0.29) is 11.2 Å². The first kappa shape index (κ1) is 18.0. The molecule has 2 rings (SSSR count). The first-order valence-corrected chi connectivity index (χ1v) is 9.50. The minimum Gasteiger partial charge on any atom is -0.486 e. The highest BCUT2D eigenvalue weighted by Gasteiger charge is 2.23. The van der Waals surface area contributed by atoms with Crippen molar-refractivity contribution in [3.8, 4) is 11.5 Å². The minimum atomic E-state index is -0.00166. The number of nitrogens with zero attached hydrogens (tertiary/aromatic N) is 1. The van der Waals surface area contributed by atoms with Crippen LogP contribution in [0.1, 0.15) is 39.2 Å². The molecule has 23 heavy (non-hydrogen) atoms. The number of unbranched alkanes of at least 4 members (excludes halogenated alkanes) is 1. The van der Waals surface area contributed by atoms with E-state index in [4.69, 9.17) is 9.47 Å². The molecule has 0 saturated carbocycles. The van der Waals surface area contributed by atoms with Crippen LogP contribution in [0.25, 0.3) is 0 Å². The van der Waals surface area contributed by atoms with E-state index in [1.165, 1.54) is 6.42 Å². The lowest BCUT2D eigenvalue weighted by Crippen LogP contribution is -2.36. The van der Waals surface area contributed by atoms with Crippen LogP contribution in [0.2, 0.25) is 0 Å². The average Bonchev–Trinajstić information content (AvgIpc) is 2.59. The highest BCUT2D eigenvalue weighted by atomic mass is 32.2. The SMILES string of the molecule is CCCCSC(C)C(=O)N(CC)Cc1cccc2c1OCCO2. The van der Waals surface area contributed by atoms with Crippen LogP contribution >= 0.6 is 11.8 Å². The van der Waals surface area contributed by atoms with Crippen molar-refractivity contribution >= 4 is 17.7 Å². The summed E-state index contributed by atoms with van der Waals surface area (Å²) in [7, 11) is 0.